The summed E-state index contributed by atoms with van der Waals surface area (Å²) in [6.07, 6.45) is -6.49. The molecule has 0 aliphatic carbocycles. The maximum absolute atomic E-state index is 12.1. The number of hydrogen-bond donors (Lipinski definition) is 3. The maximum atomic E-state index is 12.1. The Kier molecular flexibility index (Phi) is 3.87. The number of nitrogens with zero attached hydrogens (tertiary/aromatic N) is 2. The number of halogens is 3. The van der Waals surface area contributed by atoms with Gasteiger partial charge in [-0.3, -0.25) is 4.68 Å². The monoisotopic (exact) mass is 252 g/mol. The Bertz CT molecular complexity index is 388. The molecule has 0 radical (unpaired) electrons. The minimum atomic E-state index is -4.64. The second-order valence-corrected chi connectivity index (χ2v) is 3.62. The van der Waals surface area contributed by atoms with Crippen LogP contribution in [0.5, 0.6) is 0 Å². The lowest BCUT2D eigenvalue weighted by atomic mass is 10.3. The molecule has 0 saturated heterocycles. The Morgan fingerprint density at radius 1 is 1.53 bits per heavy atom. The number of nitrogen functional groups attached to an aromatic ring is 1. The largest absolute Gasteiger partial charge is 0.416 e. The lowest BCUT2D eigenvalue weighted by Crippen LogP contribution is -2.35. The van der Waals surface area contributed by atoms with Gasteiger partial charge in [0.2, 0.25) is 0 Å². The number of aryl methyl sites for hydroxylation is 2. The van der Waals surface area contributed by atoms with Crippen molar-refractivity contribution in [3.63, 3.8) is 0 Å². The minimum Gasteiger partial charge on any atom is -0.394 e. The molecule has 0 bridgehead atoms. The fraction of sp³-hybridized carbons (Fsp3) is 0.667. The summed E-state index contributed by atoms with van der Waals surface area (Å²) in [6, 6.07) is 0. The molecule has 1 atom stereocenters. The van der Waals surface area contributed by atoms with Crippen LogP contribution in [0.15, 0.2) is 0 Å². The van der Waals surface area contributed by atoms with E-state index in [-0.39, 0.29) is 5.82 Å². The van der Waals surface area contributed by atoms with Crippen LogP contribution in [0.3, 0.4) is 0 Å². The number of aliphatic hydroxyl groups excluding tert-OH is 1. The molecule has 0 aliphatic rings. The van der Waals surface area contributed by atoms with Gasteiger partial charge in [0.15, 0.2) is 6.10 Å². The maximum Gasteiger partial charge on any atom is 0.416 e. The van der Waals surface area contributed by atoms with Gasteiger partial charge in [-0.05, 0) is 6.42 Å². The topological polar surface area (TPSA) is 76.1 Å². The molecule has 0 fully saturated rings. The van der Waals surface area contributed by atoms with Crippen molar-refractivity contribution in [3.8, 4) is 0 Å². The third-order valence-electron chi connectivity index (χ3n) is 2.34. The van der Waals surface area contributed by atoms with E-state index >= 15 is 0 Å². The van der Waals surface area contributed by atoms with E-state index in [1.54, 1.807) is 7.05 Å². The second kappa shape index (κ2) is 4.82. The Morgan fingerprint density at radius 2 is 2.12 bits per heavy atom. The molecule has 0 aromatic carbocycles. The fourth-order valence-corrected chi connectivity index (χ4v) is 1.38. The average Bonchev–Trinajstić information content (AvgIpc) is 2.49. The molecule has 1 heterocycles. The van der Waals surface area contributed by atoms with Crippen LogP contribution in [0, 0.1) is 0 Å². The first kappa shape index (κ1) is 13.6. The van der Waals surface area contributed by atoms with Crippen LogP contribution >= 0.6 is 0 Å². The summed E-state index contributed by atoms with van der Waals surface area (Å²) >= 11 is 0. The summed E-state index contributed by atoms with van der Waals surface area (Å²) in [5.74, 6) is 0.283. The lowest BCUT2D eigenvalue weighted by molar-refractivity contribution is -0.198. The van der Waals surface area contributed by atoms with Crippen LogP contribution in [0.4, 0.5) is 24.7 Å². The highest BCUT2D eigenvalue weighted by Gasteiger charge is 2.38. The zero-order valence-corrected chi connectivity index (χ0v) is 9.54. The van der Waals surface area contributed by atoms with E-state index in [1.165, 1.54) is 4.68 Å². The van der Waals surface area contributed by atoms with Gasteiger partial charge in [-0.15, -0.1) is 0 Å². The van der Waals surface area contributed by atoms with Crippen molar-refractivity contribution < 1.29 is 18.3 Å². The van der Waals surface area contributed by atoms with Crippen molar-refractivity contribution in [2.45, 2.75) is 25.6 Å². The van der Waals surface area contributed by atoms with Crippen LogP contribution in [0.1, 0.15) is 12.6 Å². The van der Waals surface area contributed by atoms with Gasteiger partial charge >= 0.3 is 6.18 Å². The van der Waals surface area contributed by atoms with E-state index in [4.69, 9.17) is 10.8 Å². The number of aliphatic hydroxyl groups is 1. The SMILES string of the molecule is CCc1nn(C)c(NCC(O)C(F)(F)F)c1N. The predicted octanol–water partition coefficient (Wildman–Crippen LogP) is 0.900. The second-order valence-electron chi connectivity index (χ2n) is 3.62. The number of rotatable bonds is 4. The Balaban J connectivity index is 2.73. The summed E-state index contributed by atoms with van der Waals surface area (Å²) in [7, 11) is 1.57. The Hall–Kier alpha value is -1.44. The molecule has 1 aromatic rings. The van der Waals surface area contributed by atoms with Gasteiger partial charge in [-0.1, -0.05) is 6.92 Å². The lowest BCUT2D eigenvalue weighted by Gasteiger charge is -2.16. The molecule has 0 aliphatic heterocycles. The normalized spacial score (nSPS) is 13.8. The number of nitrogens with two attached hydrogens (primary N) is 1. The smallest absolute Gasteiger partial charge is 0.394 e. The summed E-state index contributed by atoms with van der Waals surface area (Å²) in [4.78, 5) is 0. The number of hydrogen-bond acceptors (Lipinski definition) is 4. The molecule has 4 N–H and O–H groups in total. The highest BCUT2D eigenvalue weighted by atomic mass is 19.4. The van der Waals surface area contributed by atoms with E-state index in [0.717, 1.165) is 0 Å². The van der Waals surface area contributed by atoms with Crippen LogP contribution in [0.25, 0.3) is 0 Å². The van der Waals surface area contributed by atoms with E-state index < -0.39 is 18.8 Å². The van der Waals surface area contributed by atoms with Crippen molar-refractivity contribution in [2.24, 2.45) is 7.05 Å². The van der Waals surface area contributed by atoms with Gasteiger partial charge < -0.3 is 16.2 Å². The van der Waals surface area contributed by atoms with Gasteiger partial charge in [-0.25, -0.2) is 0 Å². The first-order valence-corrected chi connectivity index (χ1v) is 5.07. The van der Waals surface area contributed by atoms with Gasteiger partial charge in [0, 0.05) is 7.05 Å². The summed E-state index contributed by atoms with van der Waals surface area (Å²) < 4.78 is 37.6. The quantitative estimate of drug-likeness (QED) is 0.744. The molecule has 0 amide bonds. The molecule has 5 nitrogen and oxygen atoms in total. The van der Waals surface area contributed by atoms with Gasteiger partial charge in [0.05, 0.1) is 17.9 Å². The van der Waals surface area contributed by atoms with Crippen molar-refractivity contribution in [1.29, 1.82) is 0 Å². The van der Waals surface area contributed by atoms with Crippen LogP contribution < -0.4 is 11.1 Å². The molecule has 0 saturated carbocycles. The van der Waals surface area contributed by atoms with E-state index in [9.17, 15) is 13.2 Å². The molecule has 1 unspecified atom stereocenters. The zero-order chi connectivity index (χ0) is 13.2. The van der Waals surface area contributed by atoms with Crippen LogP contribution in [-0.2, 0) is 13.5 Å². The van der Waals surface area contributed by atoms with Crippen LogP contribution in [0.2, 0.25) is 0 Å². The van der Waals surface area contributed by atoms with Gasteiger partial charge in [0.1, 0.15) is 5.82 Å². The number of anilines is 2. The highest BCUT2D eigenvalue weighted by Crippen LogP contribution is 2.24. The summed E-state index contributed by atoms with van der Waals surface area (Å²) in [5.41, 5.74) is 6.62. The van der Waals surface area contributed by atoms with Crippen molar-refractivity contribution in [2.75, 3.05) is 17.6 Å². The Morgan fingerprint density at radius 3 is 2.53 bits per heavy atom. The van der Waals surface area contributed by atoms with E-state index in [2.05, 4.69) is 10.4 Å². The van der Waals surface area contributed by atoms with Crippen LogP contribution in [-0.4, -0.2) is 33.7 Å². The Labute approximate surface area is 96.4 Å². The van der Waals surface area contributed by atoms with Crippen molar-refractivity contribution in [3.05, 3.63) is 5.69 Å². The number of aromatic nitrogens is 2. The number of alkyl halides is 3. The van der Waals surface area contributed by atoms with Gasteiger partial charge in [-0.2, -0.15) is 18.3 Å². The van der Waals surface area contributed by atoms with E-state index in [1.807, 2.05) is 6.92 Å². The molecule has 1 rings (SSSR count). The van der Waals surface area contributed by atoms with Gasteiger partial charge in [0.25, 0.3) is 0 Å². The fourth-order valence-electron chi connectivity index (χ4n) is 1.38. The molecule has 8 heteroatoms. The first-order valence-electron chi connectivity index (χ1n) is 5.07. The molecule has 98 valence electrons. The summed E-state index contributed by atoms with van der Waals surface area (Å²) in [5, 5.41) is 15.3. The first-order chi connectivity index (χ1) is 7.77. The molecular formula is C9H15F3N4O. The van der Waals surface area contributed by atoms with Crippen molar-refractivity contribution in [1.82, 2.24) is 9.78 Å². The minimum absolute atomic E-state index is 0.283. The third-order valence-corrected chi connectivity index (χ3v) is 2.34. The standard InChI is InChI=1S/C9H15F3N4O/c1-3-5-7(13)8(16(2)15-5)14-4-6(17)9(10,11)12/h6,14,17H,3-4,13H2,1-2H3. The predicted molar refractivity (Wildman–Crippen MR) is 57.5 cm³/mol. The molecule has 17 heavy (non-hydrogen) atoms. The highest BCUT2D eigenvalue weighted by molar-refractivity contribution is 5.65. The van der Waals surface area contributed by atoms with Crippen molar-refractivity contribution >= 4 is 11.5 Å². The average molecular weight is 252 g/mol. The molecule has 1 aromatic heterocycles. The third kappa shape index (κ3) is 3.02. The number of nitrogens with one attached hydrogen (secondary N) is 1. The summed E-state index contributed by atoms with van der Waals surface area (Å²) in [6.45, 7) is 1.18. The molecular weight excluding hydrogens is 237 g/mol. The zero-order valence-electron chi connectivity index (χ0n) is 9.54. The van der Waals surface area contributed by atoms with E-state index in [0.29, 0.717) is 17.8 Å². The molecule has 0 spiro atoms.